The number of imidazole rings is 1. The molecule has 6 nitrogen and oxygen atoms in total. The van der Waals surface area contributed by atoms with Crippen molar-refractivity contribution >= 4 is 23.5 Å². The molecule has 0 aliphatic carbocycles. The molecule has 29 heavy (non-hydrogen) atoms. The fourth-order valence-corrected chi connectivity index (χ4v) is 3.61. The van der Waals surface area contributed by atoms with E-state index in [0.717, 1.165) is 5.56 Å². The number of ether oxygens (including phenoxy) is 2. The minimum absolute atomic E-state index is 0.141. The Morgan fingerprint density at radius 1 is 1.21 bits per heavy atom. The smallest absolute Gasteiger partial charge is 0.357 e. The molecule has 0 atom stereocenters. The molecule has 0 amide bonds. The van der Waals surface area contributed by atoms with Crippen LogP contribution in [0.4, 0.5) is 0 Å². The van der Waals surface area contributed by atoms with Crippen molar-refractivity contribution in [1.29, 1.82) is 0 Å². The molecule has 0 saturated carbocycles. The van der Waals surface area contributed by atoms with Crippen LogP contribution in [-0.4, -0.2) is 27.1 Å². The van der Waals surface area contributed by atoms with Crippen LogP contribution >= 0.6 is 11.6 Å². The summed E-state index contributed by atoms with van der Waals surface area (Å²) in [5.41, 5.74) is 1.90. The molecule has 0 N–H and O–H groups in total. The Labute approximate surface area is 173 Å². The Balaban J connectivity index is 1.64. The van der Waals surface area contributed by atoms with Gasteiger partial charge in [-0.1, -0.05) is 48.0 Å². The van der Waals surface area contributed by atoms with Crippen LogP contribution in [0.15, 0.2) is 54.9 Å². The molecule has 1 aliphatic rings. The van der Waals surface area contributed by atoms with Gasteiger partial charge in [0.25, 0.3) is 0 Å². The summed E-state index contributed by atoms with van der Waals surface area (Å²) in [6.07, 6.45) is 2.02. The number of hydrogen-bond acceptors (Lipinski definition) is 5. The van der Waals surface area contributed by atoms with Crippen molar-refractivity contribution in [3.8, 4) is 5.69 Å². The molecule has 0 saturated heterocycles. The first kappa shape index (κ1) is 19.2. The molecule has 1 aliphatic heterocycles. The highest BCUT2D eigenvalue weighted by Gasteiger charge is 2.36. The molecule has 2 aromatic carbocycles. The predicted molar refractivity (Wildman–Crippen MR) is 107 cm³/mol. The SMILES string of the molecule is CC1(C)Cc2ncn(-c3cccc(C(=O)OCc4ccccc4)c3Cl)c2C(=O)O1. The van der Waals surface area contributed by atoms with Crippen molar-refractivity contribution in [3.63, 3.8) is 0 Å². The summed E-state index contributed by atoms with van der Waals surface area (Å²) in [7, 11) is 0. The third-order valence-corrected chi connectivity index (χ3v) is 5.07. The van der Waals surface area contributed by atoms with Gasteiger partial charge in [0.1, 0.15) is 18.5 Å². The zero-order valence-corrected chi connectivity index (χ0v) is 16.8. The van der Waals surface area contributed by atoms with Crippen LogP contribution in [0.5, 0.6) is 0 Å². The van der Waals surface area contributed by atoms with Crippen molar-refractivity contribution in [2.24, 2.45) is 0 Å². The average Bonchev–Trinajstić information content (AvgIpc) is 3.09. The highest BCUT2D eigenvalue weighted by atomic mass is 35.5. The maximum Gasteiger partial charge on any atom is 0.357 e. The largest absolute Gasteiger partial charge is 0.457 e. The van der Waals surface area contributed by atoms with E-state index in [2.05, 4.69) is 4.98 Å². The Bertz CT molecular complexity index is 1090. The number of hydrogen-bond donors (Lipinski definition) is 0. The molecule has 4 rings (SSSR count). The first-order valence-corrected chi connectivity index (χ1v) is 9.53. The second-order valence-electron chi connectivity index (χ2n) is 7.44. The standard InChI is InChI=1S/C22H19ClN2O4/c1-22(2)11-16-19(21(27)29-22)25(13-24-16)17-10-6-9-15(18(17)23)20(26)28-12-14-7-4-3-5-8-14/h3-10,13H,11-12H2,1-2H3. The van der Waals surface area contributed by atoms with Crippen LogP contribution in [0.1, 0.15) is 46.0 Å². The van der Waals surface area contributed by atoms with Crippen LogP contribution in [0.25, 0.3) is 5.69 Å². The molecule has 3 aromatic rings. The minimum atomic E-state index is -0.615. The first-order valence-electron chi connectivity index (χ1n) is 9.15. The fraction of sp³-hybridized carbons (Fsp3) is 0.227. The number of carbonyl (C=O) groups is 2. The van der Waals surface area contributed by atoms with Gasteiger partial charge < -0.3 is 9.47 Å². The molecule has 0 bridgehead atoms. The number of cyclic esters (lactones) is 1. The summed E-state index contributed by atoms with van der Waals surface area (Å²) >= 11 is 6.52. The van der Waals surface area contributed by atoms with Crippen LogP contribution in [0.2, 0.25) is 5.02 Å². The summed E-state index contributed by atoms with van der Waals surface area (Å²) in [4.78, 5) is 29.5. The van der Waals surface area contributed by atoms with Gasteiger partial charge in [-0.3, -0.25) is 4.57 Å². The molecule has 0 unspecified atom stereocenters. The molecule has 148 valence electrons. The lowest BCUT2D eigenvalue weighted by molar-refractivity contribution is -0.00797. The number of halogens is 1. The van der Waals surface area contributed by atoms with E-state index in [1.165, 1.54) is 6.33 Å². The molecule has 0 fully saturated rings. The number of aromatic nitrogens is 2. The van der Waals surface area contributed by atoms with Crippen molar-refractivity contribution in [2.75, 3.05) is 0 Å². The van der Waals surface area contributed by atoms with E-state index in [0.29, 0.717) is 23.5 Å². The number of esters is 2. The van der Waals surface area contributed by atoms with Crippen LogP contribution in [0.3, 0.4) is 0 Å². The van der Waals surface area contributed by atoms with E-state index in [-0.39, 0.29) is 17.2 Å². The number of benzene rings is 2. The van der Waals surface area contributed by atoms with E-state index < -0.39 is 17.5 Å². The summed E-state index contributed by atoms with van der Waals surface area (Å²) in [6.45, 7) is 3.81. The molecule has 0 radical (unpaired) electrons. The van der Waals surface area contributed by atoms with E-state index in [9.17, 15) is 9.59 Å². The quantitative estimate of drug-likeness (QED) is 0.597. The second-order valence-corrected chi connectivity index (χ2v) is 7.81. The lowest BCUT2D eigenvalue weighted by Crippen LogP contribution is -2.36. The number of fused-ring (bicyclic) bond motifs is 1. The second kappa shape index (κ2) is 7.37. The highest BCUT2D eigenvalue weighted by Crippen LogP contribution is 2.32. The molecule has 2 heterocycles. The van der Waals surface area contributed by atoms with Gasteiger partial charge in [0.05, 0.1) is 22.0 Å². The topological polar surface area (TPSA) is 70.4 Å². The van der Waals surface area contributed by atoms with Gasteiger partial charge in [0.15, 0.2) is 5.69 Å². The van der Waals surface area contributed by atoms with Crippen molar-refractivity contribution in [1.82, 2.24) is 9.55 Å². The van der Waals surface area contributed by atoms with E-state index in [1.54, 1.807) is 22.8 Å². The first-order chi connectivity index (χ1) is 13.9. The molecule has 1 aromatic heterocycles. The van der Waals surface area contributed by atoms with Crippen LogP contribution in [0, 0.1) is 0 Å². The van der Waals surface area contributed by atoms with E-state index in [4.69, 9.17) is 21.1 Å². The lowest BCUT2D eigenvalue weighted by atomic mass is 9.98. The van der Waals surface area contributed by atoms with Crippen LogP contribution in [-0.2, 0) is 22.5 Å². The normalized spacial score (nSPS) is 14.8. The summed E-state index contributed by atoms with van der Waals surface area (Å²) < 4.78 is 12.4. The van der Waals surface area contributed by atoms with Gasteiger partial charge in [0.2, 0.25) is 0 Å². The molecular weight excluding hydrogens is 392 g/mol. The average molecular weight is 411 g/mol. The number of nitrogens with zero attached hydrogens (tertiary/aromatic N) is 2. The zero-order valence-electron chi connectivity index (χ0n) is 16.0. The monoisotopic (exact) mass is 410 g/mol. The Kier molecular flexibility index (Phi) is 4.88. The van der Waals surface area contributed by atoms with Gasteiger partial charge in [-0.05, 0) is 31.5 Å². The van der Waals surface area contributed by atoms with Gasteiger partial charge in [-0.25, -0.2) is 14.6 Å². The maximum atomic E-state index is 12.6. The maximum absolute atomic E-state index is 12.6. The highest BCUT2D eigenvalue weighted by molar-refractivity contribution is 6.35. The summed E-state index contributed by atoms with van der Waals surface area (Å²) in [5, 5.41) is 0.184. The van der Waals surface area contributed by atoms with Gasteiger partial charge in [-0.2, -0.15) is 0 Å². The van der Waals surface area contributed by atoms with Gasteiger partial charge in [0, 0.05) is 6.42 Å². The minimum Gasteiger partial charge on any atom is -0.457 e. The van der Waals surface area contributed by atoms with Gasteiger partial charge >= 0.3 is 11.9 Å². The Morgan fingerprint density at radius 2 is 1.97 bits per heavy atom. The van der Waals surface area contributed by atoms with Crippen molar-refractivity contribution in [3.05, 3.63) is 82.4 Å². The number of rotatable bonds is 4. The van der Waals surface area contributed by atoms with Crippen molar-refractivity contribution in [2.45, 2.75) is 32.5 Å². The number of carbonyl (C=O) groups excluding carboxylic acids is 2. The third-order valence-electron chi connectivity index (χ3n) is 4.67. The summed E-state index contributed by atoms with van der Waals surface area (Å²) in [5.74, 6) is -1.01. The molecule has 7 heteroatoms. The fourth-order valence-electron chi connectivity index (χ4n) is 3.32. The predicted octanol–water partition coefficient (Wildman–Crippen LogP) is 4.37. The van der Waals surface area contributed by atoms with Gasteiger partial charge in [-0.15, -0.1) is 0 Å². The van der Waals surface area contributed by atoms with Crippen LogP contribution < -0.4 is 0 Å². The Morgan fingerprint density at radius 3 is 2.72 bits per heavy atom. The third kappa shape index (κ3) is 3.76. The summed E-state index contributed by atoms with van der Waals surface area (Å²) in [6, 6.07) is 14.4. The van der Waals surface area contributed by atoms with E-state index >= 15 is 0 Å². The zero-order chi connectivity index (χ0) is 20.6. The lowest BCUT2D eigenvalue weighted by Gasteiger charge is -2.29. The van der Waals surface area contributed by atoms with Crippen molar-refractivity contribution < 1.29 is 19.1 Å². The molecule has 0 spiro atoms. The Hall–Kier alpha value is -3.12. The molecular formula is C22H19ClN2O4. The van der Waals surface area contributed by atoms with E-state index in [1.807, 2.05) is 44.2 Å².